The van der Waals surface area contributed by atoms with Crippen LogP contribution in [0.3, 0.4) is 0 Å². The SMILES string of the molecule is O=C(Nc1ccccc1)[C@]1(Cc2ccccc2Br)N=C(c2ccc(OCCCO)cc2)O[C@@H]1c1ccc(-c2ccccc2)cc1. The molecule has 2 N–H and O–H groups in total. The molecule has 0 unspecified atom stereocenters. The third-order valence-electron chi connectivity index (χ3n) is 7.80. The molecular formula is C38H33BrN2O4. The first-order chi connectivity index (χ1) is 22.1. The highest BCUT2D eigenvalue weighted by atomic mass is 79.9. The molecule has 0 radical (unpaired) electrons. The van der Waals surface area contributed by atoms with Crippen molar-refractivity contribution in [3.05, 3.63) is 155 Å². The maximum Gasteiger partial charge on any atom is 0.257 e. The van der Waals surface area contributed by atoms with Gasteiger partial charge in [0.1, 0.15) is 5.75 Å². The number of hydrogen-bond acceptors (Lipinski definition) is 5. The number of para-hydroxylation sites is 1. The second-order valence-corrected chi connectivity index (χ2v) is 11.7. The lowest BCUT2D eigenvalue weighted by molar-refractivity contribution is -0.123. The molecule has 5 aromatic carbocycles. The van der Waals surface area contributed by atoms with Gasteiger partial charge in [-0.05, 0) is 64.7 Å². The van der Waals surface area contributed by atoms with Crippen LogP contribution in [0.15, 0.2) is 143 Å². The Balaban J connectivity index is 1.43. The van der Waals surface area contributed by atoms with Crippen LogP contribution < -0.4 is 10.1 Å². The molecule has 226 valence electrons. The van der Waals surface area contributed by atoms with Crippen molar-refractivity contribution in [3.63, 3.8) is 0 Å². The summed E-state index contributed by atoms with van der Waals surface area (Å²) in [5, 5.41) is 12.2. The molecule has 6 rings (SSSR count). The van der Waals surface area contributed by atoms with Gasteiger partial charge in [0.15, 0.2) is 11.6 Å². The number of anilines is 1. The van der Waals surface area contributed by atoms with Crippen LogP contribution in [0.2, 0.25) is 0 Å². The highest BCUT2D eigenvalue weighted by molar-refractivity contribution is 9.10. The van der Waals surface area contributed by atoms with E-state index in [1.807, 2.05) is 109 Å². The number of nitrogens with zero attached hydrogens (tertiary/aromatic N) is 1. The van der Waals surface area contributed by atoms with Crippen molar-refractivity contribution >= 4 is 33.4 Å². The van der Waals surface area contributed by atoms with Gasteiger partial charge in [-0.1, -0.05) is 107 Å². The smallest absolute Gasteiger partial charge is 0.257 e. The molecule has 0 saturated carbocycles. The highest BCUT2D eigenvalue weighted by Gasteiger charge is 2.53. The number of rotatable bonds is 11. The molecular weight excluding hydrogens is 628 g/mol. The Morgan fingerprint density at radius 2 is 1.42 bits per heavy atom. The van der Waals surface area contributed by atoms with Crippen LogP contribution in [0.1, 0.15) is 29.2 Å². The number of ether oxygens (including phenoxy) is 2. The van der Waals surface area contributed by atoms with Gasteiger partial charge >= 0.3 is 0 Å². The summed E-state index contributed by atoms with van der Waals surface area (Å²) in [6.07, 6.45) is 0.133. The molecule has 1 heterocycles. The van der Waals surface area contributed by atoms with Crippen LogP contribution in [-0.4, -0.2) is 35.7 Å². The quantitative estimate of drug-likeness (QED) is 0.141. The van der Waals surface area contributed by atoms with Crippen molar-refractivity contribution in [3.8, 4) is 16.9 Å². The molecule has 0 spiro atoms. The monoisotopic (exact) mass is 660 g/mol. The number of carbonyl (C=O) groups is 1. The first-order valence-electron chi connectivity index (χ1n) is 14.9. The molecule has 5 aromatic rings. The van der Waals surface area contributed by atoms with Crippen molar-refractivity contribution in [2.45, 2.75) is 24.5 Å². The van der Waals surface area contributed by atoms with E-state index >= 15 is 0 Å². The van der Waals surface area contributed by atoms with Crippen molar-refractivity contribution in [1.29, 1.82) is 0 Å². The third-order valence-corrected chi connectivity index (χ3v) is 8.57. The van der Waals surface area contributed by atoms with Gasteiger partial charge < -0.3 is 19.9 Å². The van der Waals surface area contributed by atoms with Crippen LogP contribution in [0.25, 0.3) is 11.1 Å². The van der Waals surface area contributed by atoms with Crippen molar-refractivity contribution < 1.29 is 19.4 Å². The van der Waals surface area contributed by atoms with Crippen molar-refractivity contribution in [2.75, 3.05) is 18.5 Å². The topological polar surface area (TPSA) is 80.2 Å². The fourth-order valence-electron chi connectivity index (χ4n) is 5.46. The van der Waals surface area contributed by atoms with Crippen LogP contribution in [0.5, 0.6) is 5.75 Å². The summed E-state index contributed by atoms with van der Waals surface area (Å²) in [7, 11) is 0. The summed E-state index contributed by atoms with van der Waals surface area (Å²) >= 11 is 3.70. The predicted octanol–water partition coefficient (Wildman–Crippen LogP) is 8.02. The van der Waals surface area contributed by atoms with E-state index in [-0.39, 0.29) is 12.5 Å². The number of aliphatic imine (C=N–C) groups is 1. The third kappa shape index (κ3) is 6.85. The van der Waals surface area contributed by atoms with E-state index in [1.165, 1.54) is 0 Å². The van der Waals surface area contributed by atoms with E-state index in [4.69, 9.17) is 19.6 Å². The van der Waals surface area contributed by atoms with E-state index in [1.54, 1.807) is 0 Å². The van der Waals surface area contributed by atoms with E-state index in [2.05, 4.69) is 45.5 Å². The van der Waals surface area contributed by atoms with Gasteiger partial charge in [-0.15, -0.1) is 0 Å². The minimum absolute atomic E-state index is 0.0705. The summed E-state index contributed by atoms with van der Waals surface area (Å²) < 4.78 is 13.3. The lowest BCUT2D eigenvalue weighted by Crippen LogP contribution is -2.46. The van der Waals surface area contributed by atoms with E-state index in [0.717, 1.165) is 32.3 Å². The largest absolute Gasteiger partial charge is 0.494 e. The molecule has 2 atom stereocenters. The fraction of sp³-hybridized carbons (Fsp3) is 0.158. The van der Waals surface area contributed by atoms with E-state index in [0.29, 0.717) is 36.8 Å². The minimum atomic E-state index is -1.33. The molecule has 0 fully saturated rings. The molecule has 7 heteroatoms. The zero-order valence-electron chi connectivity index (χ0n) is 24.6. The Bertz CT molecular complexity index is 1760. The highest BCUT2D eigenvalue weighted by Crippen LogP contribution is 2.44. The molecule has 1 aliphatic rings. The molecule has 0 aromatic heterocycles. The van der Waals surface area contributed by atoms with Gasteiger partial charge in [-0.3, -0.25) is 4.79 Å². The van der Waals surface area contributed by atoms with Crippen molar-refractivity contribution in [1.82, 2.24) is 0 Å². The standard InChI is InChI=1S/C38H33BrN2O4/c39-34-15-8-7-12-31(34)26-38(37(43)40-32-13-5-2-6-14-32)35(29-18-16-28(17-19-29)27-10-3-1-4-11-27)45-36(41-38)30-20-22-33(23-21-30)44-25-9-24-42/h1-8,10-23,35,42H,9,24-26H2,(H,40,43)/t35-,38-/m1/s1. The van der Waals surface area contributed by atoms with Crippen molar-refractivity contribution in [2.24, 2.45) is 4.99 Å². The van der Waals surface area contributed by atoms with E-state index < -0.39 is 11.6 Å². The Hall–Kier alpha value is -4.72. The zero-order chi connectivity index (χ0) is 31.1. The van der Waals surface area contributed by atoms with E-state index in [9.17, 15) is 4.79 Å². The molecule has 45 heavy (non-hydrogen) atoms. The summed E-state index contributed by atoms with van der Waals surface area (Å²) in [6, 6.07) is 43.1. The van der Waals surface area contributed by atoms with Gasteiger partial charge in [0.05, 0.1) is 6.61 Å². The number of benzene rings is 5. The Kier molecular flexibility index (Phi) is 9.38. The maximum atomic E-state index is 14.5. The molecule has 6 nitrogen and oxygen atoms in total. The number of carbonyl (C=O) groups excluding carboxylic acids is 1. The summed E-state index contributed by atoms with van der Waals surface area (Å²) in [5.74, 6) is 0.796. The lowest BCUT2D eigenvalue weighted by atomic mass is 9.81. The summed E-state index contributed by atoms with van der Waals surface area (Å²) in [4.78, 5) is 19.7. The predicted molar refractivity (Wildman–Crippen MR) is 182 cm³/mol. The van der Waals surface area contributed by atoms with Gasteiger partial charge in [0, 0.05) is 35.2 Å². The number of halogens is 1. The van der Waals surface area contributed by atoms with Gasteiger partial charge in [0.25, 0.3) is 5.91 Å². The second-order valence-electron chi connectivity index (χ2n) is 10.9. The summed E-state index contributed by atoms with van der Waals surface area (Å²) in [5.41, 5.74) is 4.04. The van der Waals surface area contributed by atoms with Gasteiger partial charge in [0.2, 0.25) is 5.90 Å². The number of nitrogens with one attached hydrogen (secondary N) is 1. The van der Waals surface area contributed by atoms with Gasteiger partial charge in [-0.2, -0.15) is 0 Å². The molecule has 0 aliphatic carbocycles. The second kappa shape index (κ2) is 13.9. The molecule has 0 bridgehead atoms. The number of amides is 1. The maximum absolute atomic E-state index is 14.5. The average Bonchev–Trinajstić information content (AvgIpc) is 3.48. The van der Waals surface area contributed by atoms with Crippen LogP contribution in [0.4, 0.5) is 5.69 Å². The zero-order valence-corrected chi connectivity index (χ0v) is 26.2. The van der Waals surface area contributed by atoms with Crippen LogP contribution in [-0.2, 0) is 16.0 Å². The number of aliphatic hydroxyl groups is 1. The summed E-state index contributed by atoms with van der Waals surface area (Å²) in [6.45, 7) is 0.490. The average molecular weight is 662 g/mol. The first kappa shape index (κ1) is 30.3. The normalized spacial score (nSPS) is 17.3. The first-order valence-corrected chi connectivity index (χ1v) is 15.7. The van der Waals surface area contributed by atoms with Crippen LogP contribution >= 0.6 is 15.9 Å². The minimum Gasteiger partial charge on any atom is -0.494 e. The number of hydrogen-bond donors (Lipinski definition) is 2. The van der Waals surface area contributed by atoms with Gasteiger partial charge in [-0.25, -0.2) is 4.99 Å². The van der Waals surface area contributed by atoms with Crippen LogP contribution in [0, 0.1) is 0 Å². The Morgan fingerprint density at radius 3 is 2.11 bits per heavy atom. The molecule has 0 saturated heterocycles. The number of aliphatic hydroxyl groups excluding tert-OH is 1. The molecule has 1 amide bonds. The Morgan fingerprint density at radius 1 is 0.800 bits per heavy atom. The fourth-order valence-corrected chi connectivity index (χ4v) is 5.88. The Labute approximate surface area is 271 Å². The lowest BCUT2D eigenvalue weighted by Gasteiger charge is -2.31. The molecule has 1 aliphatic heterocycles.